The van der Waals surface area contributed by atoms with Crippen LogP contribution in [0.4, 0.5) is 0 Å². The summed E-state index contributed by atoms with van der Waals surface area (Å²) in [5, 5.41) is 0.258. The molecule has 0 bridgehead atoms. The molecule has 2 saturated heterocycles. The van der Waals surface area contributed by atoms with Crippen LogP contribution in [0.3, 0.4) is 0 Å². The summed E-state index contributed by atoms with van der Waals surface area (Å²) >= 11 is 3.58. The van der Waals surface area contributed by atoms with Crippen LogP contribution in [0.1, 0.15) is 75.2 Å². The smallest absolute Gasteiger partial charge is 0.304 e. The Morgan fingerprint density at radius 2 is 1.22 bits per heavy atom. The van der Waals surface area contributed by atoms with Gasteiger partial charge in [0.25, 0.3) is 0 Å². The van der Waals surface area contributed by atoms with Gasteiger partial charge in [-0.1, -0.05) is 71.3 Å². The summed E-state index contributed by atoms with van der Waals surface area (Å²) in [7, 11) is 0. The van der Waals surface area contributed by atoms with E-state index in [1.54, 1.807) is 0 Å². The molecule has 2 aliphatic rings. The minimum absolute atomic E-state index is 0.209. The van der Waals surface area contributed by atoms with Gasteiger partial charge < -0.3 is 14.2 Å². The van der Waals surface area contributed by atoms with E-state index >= 15 is 0 Å². The Labute approximate surface area is 175 Å². The number of esters is 1. The third-order valence-corrected chi connectivity index (χ3v) is 8.08. The fourth-order valence-corrected chi connectivity index (χ4v) is 4.95. The second-order valence-electron chi connectivity index (χ2n) is 8.65. The molecule has 0 aliphatic carbocycles. The van der Waals surface area contributed by atoms with Crippen molar-refractivity contribution in [2.45, 2.75) is 98.7 Å². The van der Waals surface area contributed by atoms with Crippen LogP contribution in [0.2, 0.25) is 0 Å². The maximum Gasteiger partial charge on any atom is 0.304 e. The highest BCUT2D eigenvalue weighted by Gasteiger charge is 2.40. The molecule has 160 valence electrons. The first kappa shape index (κ1) is 24.9. The normalized spacial score (nSPS) is 44.8. The quantitative estimate of drug-likeness (QED) is 0.391. The molecule has 2 rings (SSSR count). The number of halogens is 1. The van der Waals surface area contributed by atoms with Crippen molar-refractivity contribution in [1.82, 2.24) is 0 Å². The van der Waals surface area contributed by atoms with Gasteiger partial charge in [0.15, 0.2) is 0 Å². The van der Waals surface area contributed by atoms with Crippen LogP contribution in [-0.2, 0) is 19.0 Å². The van der Waals surface area contributed by atoms with Gasteiger partial charge in [-0.2, -0.15) is 0 Å². The summed E-state index contributed by atoms with van der Waals surface area (Å²) in [5.41, 5.74) is 0. The zero-order chi connectivity index (χ0) is 20.9. The number of rotatable bonds is 3. The van der Waals surface area contributed by atoms with Crippen molar-refractivity contribution >= 4 is 21.9 Å². The average Bonchev–Trinajstić information content (AvgIpc) is 2.63. The maximum atomic E-state index is 10.9. The molecule has 0 radical (unpaired) electrons. The van der Waals surface area contributed by atoms with Crippen LogP contribution in [0, 0.1) is 35.5 Å². The predicted octanol–water partition coefficient (Wildman–Crippen LogP) is 6.02. The van der Waals surface area contributed by atoms with Gasteiger partial charge in [-0.05, 0) is 42.4 Å². The van der Waals surface area contributed by atoms with Crippen LogP contribution in [0.25, 0.3) is 0 Å². The molecule has 2 fully saturated rings. The second kappa shape index (κ2) is 11.2. The molecule has 5 unspecified atom stereocenters. The highest BCUT2D eigenvalue weighted by atomic mass is 79.9. The van der Waals surface area contributed by atoms with E-state index in [0.717, 1.165) is 18.8 Å². The van der Waals surface area contributed by atoms with E-state index in [9.17, 15) is 4.79 Å². The molecule has 5 heteroatoms. The second-order valence-corrected chi connectivity index (χ2v) is 9.55. The SMILES string of the molecule is CCC1OC(OC(C)=O)C(C)[C@@H](C)[C@@H]1C.CCC1O[C@H](Br)C(C)[C@@H](C)[C@@H]1C. The summed E-state index contributed by atoms with van der Waals surface area (Å²) in [6.45, 7) is 19.1. The third kappa shape index (κ3) is 6.43. The topological polar surface area (TPSA) is 44.8 Å². The highest BCUT2D eigenvalue weighted by Crippen LogP contribution is 2.38. The third-order valence-electron chi connectivity index (χ3n) is 7.03. The summed E-state index contributed by atoms with van der Waals surface area (Å²) in [5.74, 6) is 3.13. The Morgan fingerprint density at radius 1 is 0.778 bits per heavy atom. The van der Waals surface area contributed by atoms with Gasteiger partial charge in [0.1, 0.15) is 5.01 Å². The molecule has 0 aromatic rings. The van der Waals surface area contributed by atoms with Crippen LogP contribution in [0.5, 0.6) is 0 Å². The molecular weight excluding hydrogens is 408 g/mol. The van der Waals surface area contributed by atoms with Crippen molar-refractivity contribution in [2.75, 3.05) is 0 Å². The standard InChI is InChI=1S/C12H22O3.C10H19BrO/c1-6-11-8(3)7(2)9(4)12(15-11)14-10(5)13;1-5-9-7(3)6(2)8(4)10(11)12-9/h7-9,11-12H,6H2,1-5H3;6-10H,5H2,1-4H3/t7-,8-,9?,11?,12?;6-,7-,8?,9?,10-/m00/s1. The van der Waals surface area contributed by atoms with Gasteiger partial charge in [0.2, 0.25) is 6.29 Å². The Hall–Kier alpha value is -0.130. The zero-order valence-corrected chi connectivity index (χ0v) is 20.3. The minimum Gasteiger partial charge on any atom is -0.436 e. The van der Waals surface area contributed by atoms with Crippen LogP contribution in [-0.4, -0.2) is 29.5 Å². The molecule has 2 heterocycles. The van der Waals surface area contributed by atoms with E-state index in [0.29, 0.717) is 29.8 Å². The predicted molar refractivity (Wildman–Crippen MR) is 114 cm³/mol. The van der Waals surface area contributed by atoms with Crippen LogP contribution in [0.15, 0.2) is 0 Å². The van der Waals surface area contributed by atoms with Gasteiger partial charge in [-0.15, -0.1) is 0 Å². The fraction of sp³-hybridized carbons (Fsp3) is 0.955. The minimum atomic E-state index is -0.362. The Morgan fingerprint density at radius 3 is 1.67 bits per heavy atom. The van der Waals surface area contributed by atoms with E-state index < -0.39 is 0 Å². The van der Waals surface area contributed by atoms with Gasteiger partial charge in [0, 0.05) is 12.8 Å². The fourth-order valence-electron chi connectivity index (χ4n) is 4.19. The highest BCUT2D eigenvalue weighted by molar-refractivity contribution is 9.09. The van der Waals surface area contributed by atoms with Gasteiger partial charge in [-0.25, -0.2) is 0 Å². The molecule has 2 aliphatic heterocycles. The Balaban J connectivity index is 0.000000277. The van der Waals surface area contributed by atoms with E-state index in [1.807, 2.05) is 0 Å². The number of hydrogen-bond donors (Lipinski definition) is 0. The van der Waals surface area contributed by atoms with Crippen LogP contribution >= 0.6 is 15.9 Å². The zero-order valence-electron chi connectivity index (χ0n) is 18.7. The molecule has 0 amide bonds. The van der Waals surface area contributed by atoms with E-state index in [4.69, 9.17) is 14.2 Å². The molecule has 10 atom stereocenters. The number of carbonyl (C=O) groups excluding carboxylic acids is 1. The van der Waals surface area contributed by atoms with E-state index in [2.05, 4.69) is 71.3 Å². The largest absolute Gasteiger partial charge is 0.436 e. The van der Waals surface area contributed by atoms with Crippen molar-refractivity contribution in [3.8, 4) is 0 Å². The number of carbonyl (C=O) groups is 1. The molecule has 0 spiro atoms. The Kier molecular flexibility index (Phi) is 10.3. The van der Waals surface area contributed by atoms with Gasteiger partial charge >= 0.3 is 5.97 Å². The lowest BCUT2D eigenvalue weighted by Gasteiger charge is -2.42. The molecular formula is C22H41BrO4. The lowest BCUT2D eigenvalue weighted by atomic mass is 9.78. The summed E-state index contributed by atoms with van der Waals surface area (Å²) < 4.78 is 16.8. The first-order chi connectivity index (χ1) is 12.5. The molecule has 0 N–H and O–H groups in total. The molecule has 4 nitrogen and oxygen atoms in total. The molecule has 0 aromatic heterocycles. The first-order valence-corrected chi connectivity index (χ1v) is 11.6. The lowest BCUT2D eigenvalue weighted by molar-refractivity contribution is -0.241. The summed E-state index contributed by atoms with van der Waals surface area (Å²) in [6, 6.07) is 0. The van der Waals surface area contributed by atoms with Crippen molar-refractivity contribution in [3.05, 3.63) is 0 Å². The lowest BCUT2D eigenvalue weighted by Crippen LogP contribution is -2.46. The number of ether oxygens (including phenoxy) is 3. The van der Waals surface area contributed by atoms with Crippen molar-refractivity contribution in [3.63, 3.8) is 0 Å². The van der Waals surface area contributed by atoms with E-state index in [-0.39, 0.29) is 29.3 Å². The monoisotopic (exact) mass is 448 g/mol. The van der Waals surface area contributed by atoms with Crippen molar-refractivity contribution < 1.29 is 19.0 Å². The first-order valence-electron chi connectivity index (χ1n) is 10.7. The molecule has 27 heavy (non-hydrogen) atoms. The summed E-state index contributed by atoms with van der Waals surface area (Å²) in [4.78, 5) is 10.9. The number of hydrogen-bond acceptors (Lipinski definition) is 4. The summed E-state index contributed by atoms with van der Waals surface area (Å²) in [6.07, 6.45) is 2.39. The number of alkyl halides is 1. The molecule has 0 saturated carbocycles. The Bertz CT molecular complexity index is 451. The maximum absolute atomic E-state index is 10.9. The average molecular weight is 449 g/mol. The molecule has 0 aromatic carbocycles. The van der Waals surface area contributed by atoms with Crippen molar-refractivity contribution in [2.24, 2.45) is 35.5 Å². The van der Waals surface area contributed by atoms with Crippen molar-refractivity contribution in [1.29, 1.82) is 0 Å². The van der Waals surface area contributed by atoms with Gasteiger partial charge in [0.05, 0.1) is 12.2 Å². The van der Waals surface area contributed by atoms with Crippen LogP contribution < -0.4 is 0 Å². The van der Waals surface area contributed by atoms with Gasteiger partial charge in [-0.3, -0.25) is 4.79 Å². The van der Waals surface area contributed by atoms with E-state index in [1.165, 1.54) is 6.92 Å².